The van der Waals surface area contributed by atoms with E-state index in [9.17, 15) is 4.39 Å². The lowest BCUT2D eigenvalue weighted by molar-refractivity contribution is 0.295. The van der Waals surface area contributed by atoms with E-state index in [1.165, 1.54) is 6.07 Å². The standard InChI is InChI=1S/C16H12Br2FNO/c1-10-4-14(18)6-13(7-17)16(10)21-9-12-3-2-11(8-20)5-15(12)19/h2-6H,7,9H2,1H3. The van der Waals surface area contributed by atoms with Crippen LogP contribution in [0.25, 0.3) is 0 Å². The monoisotopic (exact) mass is 411 g/mol. The summed E-state index contributed by atoms with van der Waals surface area (Å²) >= 11 is 6.87. The molecule has 0 aliphatic carbocycles. The third-order valence-corrected chi connectivity index (χ3v) is 4.08. The van der Waals surface area contributed by atoms with Crippen LogP contribution in [0, 0.1) is 24.1 Å². The van der Waals surface area contributed by atoms with Crippen molar-refractivity contribution in [1.29, 1.82) is 5.26 Å². The summed E-state index contributed by atoms with van der Waals surface area (Å²) in [4.78, 5) is 0. The molecule has 0 saturated heterocycles. The Morgan fingerprint density at radius 2 is 2.00 bits per heavy atom. The summed E-state index contributed by atoms with van der Waals surface area (Å²) < 4.78 is 20.6. The van der Waals surface area contributed by atoms with E-state index in [4.69, 9.17) is 10.00 Å². The van der Waals surface area contributed by atoms with Crippen molar-refractivity contribution in [3.05, 3.63) is 62.9 Å². The minimum atomic E-state index is -0.427. The number of rotatable bonds is 4. The molecule has 0 N–H and O–H groups in total. The quantitative estimate of drug-likeness (QED) is 0.643. The summed E-state index contributed by atoms with van der Waals surface area (Å²) in [6, 6.07) is 10.2. The Balaban J connectivity index is 2.23. The van der Waals surface area contributed by atoms with Crippen molar-refractivity contribution in [3.63, 3.8) is 0 Å². The van der Waals surface area contributed by atoms with E-state index in [1.807, 2.05) is 25.1 Å². The predicted octanol–water partition coefficient (Wildman–Crippen LogP) is 5.24. The highest BCUT2D eigenvalue weighted by molar-refractivity contribution is 9.10. The largest absolute Gasteiger partial charge is 0.488 e. The van der Waals surface area contributed by atoms with E-state index in [1.54, 1.807) is 12.1 Å². The van der Waals surface area contributed by atoms with Crippen LogP contribution < -0.4 is 4.74 Å². The van der Waals surface area contributed by atoms with Crippen LogP contribution in [0.3, 0.4) is 0 Å². The topological polar surface area (TPSA) is 33.0 Å². The molecule has 0 amide bonds. The number of nitrogens with zero attached hydrogens (tertiary/aromatic N) is 1. The molecule has 0 spiro atoms. The van der Waals surface area contributed by atoms with E-state index in [-0.39, 0.29) is 6.61 Å². The fraction of sp³-hybridized carbons (Fsp3) is 0.188. The van der Waals surface area contributed by atoms with Crippen molar-refractivity contribution in [2.45, 2.75) is 18.9 Å². The minimum absolute atomic E-state index is 0.125. The number of alkyl halides is 1. The molecule has 5 heteroatoms. The molecule has 0 fully saturated rings. The first-order valence-corrected chi connectivity index (χ1v) is 8.13. The lowest BCUT2D eigenvalue weighted by Crippen LogP contribution is -2.02. The van der Waals surface area contributed by atoms with Crippen LogP contribution in [0.1, 0.15) is 22.3 Å². The molecule has 0 aliphatic rings. The number of nitriles is 1. The van der Waals surface area contributed by atoms with E-state index >= 15 is 0 Å². The minimum Gasteiger partial charge on any atom is -0.488 e. The fourth-order valence-corrected chi connectivity index (χ4v) is 3.03. The van der Waals surface area contributed by atoms with Gasteiger partial charge in [-0.1, -0.05) is 37.9 Å². The van der Waals surface area contributed by atoms with Crippen molar-refractivity contribution in [3.8, 4) is 11.8 Å². The Morgan fingerprint density at radius 3 is 2.62 bits per heavy atom. The zero-order valence-electron chi connectivity index (χ0n) is 11.3. The second kappa shape index (κ2) is 7.06. The molecular weight excluding hydrogens is 401 g/mol. The molecule has 0 atom stereocenters. The first-order valence-electron chi connectivity index (χ1n) is 6.21. The molecule has 2 aromatic carbocycles. The molecule has 2 nitrogen and oxygen atoms in total. The molecule has 2 aromatic rings. The molecule has 21 heavy (non-hydrogen) atoms. The SMILES string of the molecule is Cc1cc(Br)cc(CBr)c1OCc1ccc(C#N)cc1F. The summed E-state index contributed by atoms with van der Waals surface area (Å²) in [5.74, 6) is 0.322. The van der Waals surface area contributed by atoms with Gasteiger partial charge < -0.3 is 4.74 Å². The van der Waals surface area contributed by atoms with E-state index < -0.39 is 5.82 Å². The third-order valence-electron chi connectivity index (χ3n) is 3.01. The molecule has 0 aromatic heterocycles. The maximum Gasteiger partial charge on any atom is 0.131 e. The average molecular weight is 413 g/mol. The smallest absolute Gasteiger partial charge is 0.131 e. The fourth-order valence-electron chi connectivity index (χ4n) is 1.99. The van der Waals surface area contributed by atoms with Gasteiger partial charge in [0.2, 0.25) is 0 Å². The highest BCUT2D eigenvalue weighted by atomic mass is 79.9. The second-order valence-corrected chi connectivity index (χ2v) is 6.03. The number of aryl methyl sites for hydroxylation is 1. The van der Waals surface area contributed by atoms with Crippen molar-refractivity contribution >= 4 is 31.9 Å². The van der Waals surface area contributed by atoms with Crippen LogP contribution in [0.2, 0.25) is 0 Å². The highest BCUT2D eigenvalue weighted by Gasteiger charge is 2.10. The van der Waals surface area contributed by atoms with Gasteiger partial charge in [-0.25, -0.2) is 4.39 Å². The molecule has 108 valence electrons. The number of hydrogen-bond donors (Lipinski definition) is 0. The summed E-state index contributed by atoms with van der Waals surface area (Å²) in [5.41, 5.74) is 2.71. The zero-order chi connectivity index (χ0) is 15.4. The summed E-state index contributed by atoms with van der Waals surface area (Å²) in [6.07, 6.45) is 0. The molecule has 0 aliphatic heterocycles. The van der Waals surface area contributed by atoms with Crippen molar-refractivity contribution in [1.82, 2.24) is 0 Å². The number of hydrogen-bond acceptors (Lipinski definition) is 2. The van der Waals surface area contributed by atoms with Gasteiger partial charge in [0, 0.05) is 20.9 Å². The summed E-state index contributed by atoms with van der Waals surface area (Å²) in [5, 5.41) is 9.39. The highest BCUT2D eigenvalue weighted by Crippen LogP contribution is 2.30. The maximum absolute atomic E-state index is 13.8. The Labute approximate surface area is 139 Å². The van der Waals surface area contributed by atoms with Gasteiger partial charge in [0.15, 0.2) is 0 Å². The van der Waals surface area contributed by atoms with E-state index in [0.717, 1.165) is 21.3 Å². The second-order valence-electron chi connectivity index (χ2n) is 4.55. The van der Waals surface area contributed by atoms with Gasteiger partial charge in [0.25, 0.3) is 0 Å². The first kappa shape index (κ1) is 16.0. The molecule has 2 rings (SSSR count). The predicted molar refractivity (Wildman–Crippen MR) is 87.0 cm³/mol. The van der Waals surface area contributed by atoms with Crippen LogP contribution in [-0.4, -0.2) is 0 Å². The first-order chi connectivity index (χ1) is 10.0. The number of halogens is 3. The Hall–Kier alpha value is -1.38. The number of benzene rings is 2. The average Bonchev–Trinajstić information content (AvgIpc) is 2.46. The van der Waals surface area contributed by atoms with Crippen LogP contribution >= 0.6 is 31.9 Å². The van der Waals surface area contributed by atoms with Crippen LogP contribution in [0.4, 0.5) is 4.39 Å². The van der Waals surface area contributed by atoms with Gasteiger partial charge in [-0.2, -0.15) is 5.26 Å². The van der Waals surface area contributed by atoms with Gasteiger partial charge in [0.05, 0.1) is 11.6 Å². The van der Waals surface area contributed by atoms with E-state index in [2.05, 4.69) is 31.9 Å². The molecule has 0 unspecified atom stereocenters. The molecule has 0 radical (unpaired) electrons. The van der Waals surface area contributed by atoms with E-state index in [0.29, 0.717) is 16.5 Å². The van der Waals surface area contributed by atoms with Crippen molar-refractivity contribution < 1.29 is 9.13 Å². The molecule has 0 heterocycles. The van der Waals surface area contributed by atoms with Gasteiger partial charge in [0.1, 0.15) is 18.2 Å². The molecule has 0 bridgehead atoms. The normalized spacial score (nSPS) is 10.2. The van der Waals surface area contributed by atoms with Crippen molar-refractivity contribution in [2.24, 2.45) is 0 Å². The molecule has 0 saturated carbocycles. The number of ether oxygens (including phenoxy) is 1. The Morgan fingerprint density at radius 1 is 1.24 bits per heavy atom. The maximum atomic E-state index is 13.8. The van der Waals surface area contributed by atoms with Crippen LogP contribution in [0.5, 0.6) is 5.75 Å². The van der Waals surface area contributed by atoms with Gasteiger partial charge in [-0.15, -0.1) is 0 Å². The summed E-state index contributed by atoms with van der Waals surface area (Å²) in [6.45, 7) is 2.07. The molecular formula is C16H12Br2FNO. The third kappa shape index (κ3) is 3.84. The Bertz CT molecular complexity index is 710. The van der Waals surface area contributed by atoms with Crippen LogP contribution in [-0.2, 0) is 11.9 Å². The van der Waals surface area contributed by atoms with Gasteiger partial charge in [-0.05, 0) is 36.8 Å². The summed E-state index contributed by atoms with van der Waals surface area (Å²) in [7, 11) is 0. The van der Waals surface area contributed by atoms with Crippen molar-refractivity contribution in [2.75, 3.05) is 0 Å². The zero-order valence-corrected chi connectivity index (χ0v) is 14.5. The lowest BCUT2D eigenvalue weighted by atomic mass is 10.1. The lowest BCUT2D eigenvalue weighted by Gasteiger charge is -2.14. The van der Waals surface area contributed by atoms with Gasteiger partial charge in [-0.3, -0.25) is 0 Å². The van der Waals surface area contributed by atoms with Crippen LogP contribution in [0.15, 0.2) is 34.8 Å². The van der Waals surface area contributed by atoms with Gasteiger partial charge >= 0.3 is 0 Å². The Kier molecular flexibility index (Phi) is 5.38.